The standard InChI is InChI=1S/C27H22BrFN2O5/c1-3-35-27(33)18-6-10-22(11-7-18)31-26(32)20(15-30)12-19-13-24(34-2)25(14-23(19)28)36-16-17-4-8-21(29)9-5-17/h4-14H,3,16H2,1-2H3,(H,31,32)/b20-12+. The minimum Gasteiger partial charge on any atom is -0.493 e. The van der Waals surface area contributed by atoms with Crippen molar-refractivity contribution in [2.24, 2.45) is 0 Å². The maximum Gasteiger partial charge on any atom is 0.338 e. The molecule has 3 aromatic rings. The molecule has 0 aliphatic rings. The highest BCUT2D eigenvalue weighted by Gasteiger charge is 2.15. The largest absolute Gasteiger partial charge is 0.493 e. The molecule has 7 nitrogen and oxygen atoms in total. The third-order valence-corrected chi connectivity index (χ3v) is 5.60. The number of carbonyl (C=O) groups is 2. The number of nitrogens with zero attached hydrogens (tertiary/aromatic N) is 1. The average Bonchev–Trinajstić information content (AvgIpc) is 2.88. The summed E-state index contributed by atoms with van der Waals surface area (Å²) in [6.45, 7) is 2.17. The molecule has 0 fully saturated rings. The molecule has 0 unspecified atom stereocenters. The number of hydrogen-bond donors (Lipinski definition) is 1. The van der Waals surface area contributed by atoms with Gasteiger partial charge >= 0.3 is 5.97 Å². The third-order valence-electron chi connectivity index (χ3n) is 4.91. The van der Waals surface area contributed by atoms with E-state index >= 15 is 0 Å². The van der Waals surface area contributed by atoms with Crippen molar-refractivity contribution in [2.75, 3.05) is 19.0 Å². The van der Waals surface area contributed by atoms with Crippen LogP contribution in [0.15, 0.2) is 70.7 Å². The van der Waals surface area contributed by atoms with Crippen molar-refractivity contribution in [3.8, 4) is 17.6 Å². The van der Waals surface area contributed by atoms with Gasteiger partial charge in [0.1, 0.15) is 24.1 Å². The highest BCUT2D eigenvalue weighted by atomic mass is 79.9. The van der Waals surface area contributed by atoms with E-state index < -0.39 is 11.9 Å². The van der Waals surface area contributed by atoms with Crippen LogP contribution in [-0.2, 0) is 16.1 Å². The molecule has 1 N–H and O–H groups in total. The van der Waals surface area contributed by atoms with E-state index in [4.69, 9.17) is 14.2 Å². The minimum absolute atomic E-state index is 0.146. The first-order valence-electron chi connectivity index (χ1n) is 10.8. The van der Waals surface area contributed by atoms with Crippen LogP contribution in [0.5, 0.6) is 11.5 Å². The summed E-state index contributed by atoms with van der Waals surface area (Å²) in [6.07, 6.45) is 1.42. The summed E-state index contributed by atoms with van der Waals surface area (Å²) in [4.78, 5) is 24.5. The lowest BCUT2D eigenvalue weighted by Gasteiger charge is -2.13. The molecule has 0 spiro atoms. The second-order valence-electron chi connectivity index (χ2n) is 7.36. The number of hydrogen-bond acceptors (Lipinski definition) is 6. The quantitative estimate of drug-likeness (QED) is 0.201. The van der Waals surface area contributed by atoms with Crippen LogP contribution >= 0.6 is 15.9 Å². The zero-order valence-corrected chi connectivity index (χ0v) is 21.1. The van der Waals surface area contributed by atoms with E-state index in [1.807, 2.05) is 6.07 Å². The smallest absolute Gasteiger partial charge is 0.338 e. The molecule has 0 aromatic heterocycles. The van der Waals surface area contributed by atoms with Crippen LogP contribution in [0.2, 0.25) is 0 Å². The minimum atomic E-state index is -0.621. The summed E-state index contributed by atoms with van der Waals surface area (Å²) in [7, 11) is 1.47. The summed E-state index contributed by atoms with van der Waals surface area (Å²) < 4.78 is 29.8. The second-order valence-corrected chi connectivity index (χ2v) is 8.22. The normalized spacial score (nSPS) is 10.8. The first-order valence-corrected chi connectivity index (χ1v) is 11.6. The van der Waals surface area contributed by atoms with E-state index in [2.05, 4.69) is 21.2 Å². The predicted octanol–water partition coefficient (Wildman–Crippen LogP) is 5.90. The molecule has 3 rings (SSSR count). The molecule has 9 heteroatoms. The van der Waals surface area contributed by atoms with Gasteiger partial charge in [-0.25, -0.2) is 9.18 Å². The molecule has 0 heterocycles. The lowest BCUT2D eigenvalue weighted by atomic mass is 10.1. The molecule has 3 aromatic carbocycles. The van der Waals surface area contributed by atoms with Crippen molar-refractivity contribution in [2.45, 2.75) is 13.5 Å². The number of nitriles is 1. The lowest BCUT2D eigenvalue weighted by molar-refractivity contribution is -0.112. The van der Waals surface area contributed by atoms with Gasteiger partial charge in [0.2, 0.25) is 0 Å². The summed E-state index contributed by atoms with van der Waals surface area (Å²) in [5, 5.41) is 12.2. The van der Waals surface area contributed by atoms with Crippen LogP contribution in [0.25, 0.3) is 6.08 Å². The van der Waals surface area contributed by atoms with Gasteiger partial charge in [-0.1, -0.05) is 28.1 Å². The fourth-order valence-corrected chi connectivity index (χ4v) is 3.52. The monoisotopic (exact) mass is 552 g/mol. The molecule has 0 aliphatic heterocycles. The second kappa shape index (κ2) is 12.5. The van der Waals surface area contributed by atoms with E-state index in [1.54, 1.807) is 43.3 Å². The number of ether oxygens (including phenoxy) is 3. The summed E-state index contributed by atoms with van der Waals surface area (Å²) in [6, 6.07) is 17.3. The maximum absolute atomic E-state index is 13.1. The highest BCUT2D eigenvalue weighted by molar-refractivity contribution is 9.10. The van der Waals surface area contributed by atoms with Crippen molar-refractivity contribution in [3.05, 3.63) is 93.2 Å². The van der Waals surface area contributed by atoms with Crippen LogP contribution < -0.4 is 14.8 Å². The van der Waals surface area contributed by atoms with Crippen LogP contribution in [0.3, 0.4) is 0 Å². The summed E-state index contributed by atoms with van der Waals surface area (Å²) in [5.74, 6) is -0.601. The first kappa shape index (κ1) is 26.4. The van der Waals surface area contributed by atoms with Gasteiger partial charge in [0.25, 0.3) is 5.91 Å². The molecule has 0 radical (unpaired) electrons. The summed E-state index contributed by atoms with van der Waals surface area (Å²) in [5.41, 5.74) is 1.91. The Bertz CT molecular complexity index is 1320. The maximum atomic E-state index is 13.1. The summed E-state index contributed by atoms with van der Waals surface area (Å²) >= 11 is 3.44. The van der Waals surface area contributed by atoms with Gasteiger partial charge < -0.3 is 19.5 Å². The van der Waals surface area contributed by atoms with Crippen LogP contribution in [0, 0.1) is 17.1 Å². The number of benzene rings is 3. The molecule has 0 aliphatic carbocycles. The Kier molecular flexibility index (Phi) is 9.19. The number of amides is 1. The number of methoxy groups -OCH3 is 1. The van der Waals surface area contributed by atoms with Gasteiger partial charge in [0.15, 0.2) is 11.5 Å². The van der Waals surface area contributed by atoms with Crippen molar-refractivity contribution >= 4 is 39.6 Å². The first-order chi connectivity index (χ1) is 17.3. The van der Waals surface area contributed by atoms with Gasteiger partial charge in [-0.2, -0.15) is 5.26 Å². The zero-order valence-electron chi connectivity index (χ0n) is 19.5. The van der Waals surface area contributed by atoms with Crippen molar-refractivity contribution in [1.29, 1.82) is 5.26 Å². The van der Waals surface area contributed by atoms with Crippen molar-refractivity contribution in [1.82, 2.24) is 0 Å². The molecular weight excluding hydrogens is 531 g/mol. The van der Waals surface area contributed by atoms with Crippen LogP contribution in [0.1, 0.15) is 28.4 Å². The van der Waals surface area contributed by atoms with E-state index in [0.29, 0.717) is 32.8 Å². The van der Waals surface area contributed by atoms with Crippen molar-refractivity contribution in [3.63, 3.8) is 0 Å². The van der Waals surface area contributed by atoms with E-state index in [9.17, 15) is 19.2 Å². The molecule has 0 bridgehead atoms. The molecular formula is C27H22BrFN2O5. The number of rotatable bonds is 9. The molecule has 1 amide bonds. The van der Waals surface area contributed by atoms with E-state index in [0.717, 1.165) is 5.56 Å². The van der Waals surface area contributed by atoms with Crippen LogP contribution in [0.4, 0.5) is 10.1 Å². The van der Waals surface area contributed by atoms with E-state index in [1.165, 1.54) is 37.5 Å². The Morgan fingerprint density at radius 3 is 2.39 bits per heavy atom. The number of carbonyl (C=O) groups excluding carboxylic acids is 2. The topological polar surface area (TPSA) is 97.7 Å². The fourth-order valence-electron chi connectivity index (χ4n) is 3.08. The SMILES string of the molecule is CCOC(=O)c1ccc(NC(=O)/C(C#N)=C/c2cc(OC)c(OCc3ccc(F)cc3)cc2Br)cc1. The Labute approximate surface area is 216 Å². The third kappa shape index (κ3) is 6.93. The predicted molar refractivity (Wildman–Crippen MR) is 136 cm³/mol. The number of halogens is 2. The Morgan fingerprint density at radius 2 is 1.78 bits per heavy atom. The molecule has 36 heavy (non-hydrogen) atoms. The Hall–Kier alpha value is -4.16. The van der Waals surface area contributed by atoms with Gasteiger partial charge in [0.05, 0.1) is 19.3 Å². The van der Waals surface area contributed by atoms with Crippen LogP contribution in [-0.4, -0.2) is 25.6 Å². The van der Waals surface area contributed by atoms with E-state index in [-0.39, 0.29) is 24.6 Å². The number of esters is 1. The zero-order chi connectivity index (χ0) is 26.1. The molecule has 184 valence electrons. The Balaban J connectivity index is 1.76. The highest BCUT2D eigenvalue weighted by Crippen LogP contribution is 2.35. The number of nitrogens with one attached hydrogen (secondary N) is 1. The van der Waals surface area contributed by atoms with Crippen molar-refractivity contribution < 1.29 is 28.2 Å². The lowest BCUT2D eigenvalue weighted by Crippen LogP contribution is -2.13. The average molecular weight is 553 g/mol. The van der Waals surface area contributed by atoms with Gasteiger partial charge in [-0.05, 0) is 72.7 Å². The molecule has 0 saturated carbocycles. The van der Waals surface area contributed by atoms with Gasteiger partial charge in [-0.3, -0.25) is 4.79 Å². The Morgan fingerprint density at radius 1 is 1.08 bits per heavy atom. The molecule has 0 saturated heterocycles. The fraction of sp³-hybridized carbons (Fsp3) is 0.148. The van der Waals surface area contributed by atoms with Gasteiger partial charge in [0, 0.05) is 10.2 Å². The molecule has 0 atom stereocenters. The van der Waals surface area contributed by atoms with Gasteiger partial charge in [-0.15, -0.1) is 0 Å². The number of anilines is 1.